The fraction of sp³-hybridized carbons (Fsp3) is 0.267. The van der Waals surface area contributed by atoms with Crippen LogP contribution in [0.5, 0.6) is 0 Å². The maximum atomic E-state index is 8.68. The van der Waals surface area contributed by atoms with Crippen LogP contribution in [0.3, 0.4) is 0 Å². The molecule has 1 N–H and O–H groups in total. The largest absolute Gasteiger partial charge is 0.340 e. The summed E-state index contributed by atoms with van der Waals surface area (Å²) in [6.07, 6.45) is 4.59. The molecule has 0 aliphatic carbocycles. The Morgan fingerprint density at radius 1 is 1.26 bits per heavy atom. The molecular weight excluding hydrogens is 236 g/mol. The number of aromatic nitrogens is 2. The Kier molecular flexibility index (Phi) is 4.09. The molecule has 0 aliphatic heterocycles. The van der Waals surface area contributed by atoms with E-state index < -0.39 is 0 Å². The Hall–Kier alpha value is -2.41. The fourth-order valence-corrected chi connectivity index (χ4v) is 2.15. The number of anilines is 2. The van der Waals surface area contributed by atoms with Crippen LogP contribution < -0.4 is 5.32 Å². The minimum absolute atomic E-state index is 0.556. The second-order valence-corrected chi connectivity index (χ2v) is 4.47. The van der Waals surface area contributed by atoms with E-state index in [1.54, 1.807) is 6.20 Å². The molecular formula is C15H16N4. The van der Waals surface area contributed by atoms with Crippen LogP contribution >= 0.6 is 0 Å². The van der Waals surface area contributed by atoms with E-state index in [0.29, 0.717) is 6.42 Å². The zero-order valence-electron chi connectivity index (χ0n) is 11.1. The summed E-state index contributed by atoms with van der Waals surface area (Å²) >= 11 is 0. The van der Waals surface area contributed by atoms with Gasteiger partial charge in [0, 0.05) is 18.3 Å². The van der Waals surface area contributed by atoms with Gasteiger partial charge in [0.15, 0.2) is 0 Å². The second-order valence-electron chi connectivity index (χ2n) is 4.47. The summed E-state index contributed by atoms with van der Waals surface area (Å²) < 4.78 is 0. The van der Waals surface area contributed by atoms with Crippen LogP contribution in [0.4, 0.5) is 11.5 Å². The lowest BCUT2D eigenvalue weighted by atomic mass is 9.98. The Balaban J connectivity index is 2.23. The van der Waals surface area contributed by atoms with Crippen LogP contribution in [0.15, 0.2) is 30.7 Å². The fourth-order valence-electron chi connectivity index (χ4n) is 2.15. The Morgan fingerprint density at radius 3 is 2.58 bits per heavy atom. The van der Waals surface area contributed by atoms with E-state index in [-0.39, 0.29) is 0 Å². The number of benzene rings is 1. The SMILES string of the molecule is Cc1cc(Nc2ccncn2)cc(C)c1CCC#N. The van der Waals surface area contributed by atoms with Crippen molar-refractivity contribution in [3.05, 3.63) is 47.4 Å². The molecule has 0 bridgehead atoms. The highest BCUT2D eigenvalue weighted by Crippen LogP contribution is 2.23. The van der Waals surface area contributed by atoms with Gasteiger partial charge in [0.2, 0.25) is 0 Å². The van der Waals surface area contributed by atoms with Gasteiger partial charge in [-0.25, -0.2) is 9.97 Å². The number of hydrogen-bond acceptors (Lipinski definition) is 4. The molecule has 4 heteroatoms. The average molecular weight is 252 g/mol. The van der Waals surface area contributed by atoms with Gasteiger partial charge in [0.25, 0.3) is 0 Å². The van der Waals surface area contributed by atoms with Crippen molar-refractivity contribution >= 4 is 11.5 Å². The van der Waals surface area contributed by atoms with E-state index in [1.165, 1.54) is 23.0 Å². The normalized spacial score (nSPS) is 9.95. The molecule has 1 heterocycles. The van der Waals surface area contributed by atoms with Crippen molar-refractivity contribution in [1.82, 2.24) is 9.97 Å². The van der Waals surface area contributed by atoms with Gasteiger partial charge in [-0.05, 0) is 55.2 Å². The van der Waals surface area contributed by atoms with E-state index in [1.807, 2.05) is 6.07 Å². The van der Waals surface area contributed by atoms with Crippen LogP contribution in [0.2, 0.25) is 0 Å². The number of nitrogens with one attached hydrogen (secondary N) is 1. The van der Waals surface area contributed by atoms with Gasteiger partial charge >= 0.3 is 0 Å². The summed E-state index contributed by atoms with van der Waals surface area (Å²) in [5.41, 5.74) is 4.67. The van der Waals surface area contributed by atoms with Crippen molar-refractivity contribution in [2.24, 2.45) is 0 Å². The third-order valence-electron chi connectivity index (χ3n) is 3.04. The molecule has 0 radical (unpaired) electrons. The number of nitriles is 1. The lowest BCUT2D eigenvalue weighted by Crippen LogP contribution is -1.99. The smallest absolute Gasteiger partial charge is 0.133 e. The highest BCUT2D eigenvalue weighted by Gasteiger charge is 2.05. The molecule has 96 valence electrons. The first-order valence-electron chi connectivity index (χ1n) is 6.21. The maximum Gasteiger partial charge on any atom is 0.133 e. The second kappa shape index (κ2) is 5.96. The minimum atomic E-state index is 0.556. The van der Waals surface area contributed by atoms with Crippen molar-refractivity contribution in [3.63, 3.8) is 0 Å². The summed E-state index contributed by atoms with van der Waals surface area (Å²) in [5, 5.41) is 11.9. The average Bonchev–Trinajstić information content (AvgIpc) is 2.39. The molecule has 0 amide bonds. The molecule has 19 heavy (non-hydrogen) atoms. The van der Waals surface area contributed by atoms with Gasteiger partial charge in [-0.15, -0.1) is 0 Å². The van der Waals surface area contributed by atoms with Gasteiger partial charge in [-0.2, -0.15) is 5.26 Å². The van der Waals surface area contributed by atoms with Crippen LogP contribution in [0.1, 0.15) is 23.1 Å². The topological polar surface area (TPSA) is 61.6 Å². The quantitative estimate of drug-likeness (QED) is 0.907. The lowest BCUT2D eigenvalue weighted by molar-refractivity contribution is 0.981. The summed E-state index contributed by atoms with van der Waals surface area (Å²) in [4.78, 5) is 8.03. The standard InChI is InChI=1S/C15H16N4/c1-11-8-13(19-15-5-7-17-10-18-15)9-12(2)14(11)4-3-6-16/h5,7-10H,3-4H2,1-2H3,(H,17,18,19). The molecule has 4 nitrogen and oxygen atoms in total. The summed E-state index contributed by atoms with van der Waals surface area (Å²) in [5.74, 6) is 0.776. The molecule has 0 unspecified atom stereocenters. The van der Waals surface area contributed by atoms with Gasteiger partial charge < -0.3 is 5.32 Å². The molecule has 0 saturated heterocycles. The summed E-state index contributed by atoms with van der Waals surface area (Å²) in [6, 6.07) is 8.19. The van der Waals surface area contributed by atoms with E-state index in [9.17, 15) is 0 Å². The van der Waals surface area contributed by atoms with E-state index in [0.717, 1.165) is 17.9 Å². The highest BCUT2D eigenvalue weighted by atomic mass is 15.0. The highest BCUT2D eigenvalue weighted by molar-refractivity contribution is 5.59. The van der Waals surface area contributed by atoms with E-state index in [4.69, 9.17) is 5.26 Å². The van der Waals surface area contributed by atoms with Crippen molar-refractivity contribution in [2.45, 2.75) is 26.7 Å². The molecule has 0 atom stereocenters. The third kappa shape index (κ3) is 3.29. The molecule has 1 aromatic carbocycles. The summed E-state index contributed by atoms with van der Waals surface area (Å²) in [6.45, 7) is 4.15. The first kappa shape index (κ1) is 13.0. The predicted molar refractivity (Wildman–Crippen MR) is 75.2 cm³/mol. The Morgan fingerprint density at radius 2 is 2.00 bits per heavy atom. The molecule has 0 spiro atoms. The van der Waals surface area contributed by atoms with E-state index in [2.05, 4.69) is 47.3 Å². The maximum absolute atomic E-state index is 8.68. The molecule has 2 aromatic rings. The zero-order chi connectivity index (χ0) is 13.7. The minimum Gasteiger partial charge on any atom is -0.340 e. The van der Waals surface area contributed by atoms with Crippen molar-refractivity contribution in [1.29, 1.82) is 5.26 Å². The van der Waals surface area contributed by atoms with Gasteiger partial charge in [0.05, 0.1) is 6.07 Å². The molecule has 0 saturated carbocycles. The predicted octanol–water partition coefficient (Wildman–Crippen LogP) is 3.29. The lowest BCUT2D eigenvalue weighted by Gasteiger charge is -2.12. The van der Waals surface area contributed by atoms with E-state index >= 15 is 0 Å². The Labute approximate surface area is 113 Å². The monoisotopic (exact) mass is 252 g/mol. The number of aryl methyl sites for hydroxylation is 2. The van der Waals surface area contributed by atoms with Crippen LogP contribution in [0, 0.1) is 25.2 Å². The third-order valence-corrected chi connectivity index (χ3v) is 3.04. The van der Waals surface area contributed by atoms with Crippen LogP contribution in [0.25, 0.3) is 0 Å². The number of nitrogens with zero attached hydrogens (tertiary/aromatic N) is 3. The van der Waals surface area contributed by atoms with Gasteiger partial charge in [0.1, 0.15) is 12.1 Å². The van der Waals surface area contributed by atoms with Crippen molar-refractivity contribution in [3.8, 4) is 6.07 Å². The molecule has 0 fully saturated rings. The van der Waals surface area contributed by atoms with Crippen LogP contribution in [-0.2, 0) is 6.42 Å². The first-order chi connectivity index (χ1) is 9.20. The summed E-state index contributed by atoms with van der Waals surface area (Å²) in [7, 11) is 0. The van der Waals surface area contributed by atoms with Crippen LogP contribution in [-0.4, -0.2) is 9.97 Å². The van der Waals surface area contributed by atoms with Gasteiger partial charge in [-0.1, -0.05) is 0 Å². The van der Waals surface area contributed by atoms with Crippen molar-refractivity contribution < 1.29 is 0 Å². The zero-order valence-corrected chi connectivity index (χ0v) is 11.1. The molecule has 1 aromatic heterocycles. The Bertz CT molecular complexity index is 576. The number of rotatable bonds is 4. The van der Waals surface area contributed by atoms with Gasteiger partial charge in [-0.3, -0.25) is 0 Å². The first-order valence-corrected chi connectivity index (χ1v) is 6.21. The number of hydrogen-bond donors (Lipinski definition) is 1. The van der Waals surface area contributed by atoms with Crippen molar-refractivity contribution in [2.75, 3.05) is 5.32 Å². The molecule has 2 rings (SSSR count). The molecule has 0 aliphatic rings.